The van der Waals surface area contributed by atoms with E-state index in [0.29, 0.717) is 29.8 Å². The molecule has 2 aromatic rings. The number of hydroxylamine groups is 2. The lowest BCUT2D eigenvalue weighted by molar-refractivity contribution is -0.214. The fourth-order valence-electron chi connectivity index (χ4n) is 6.10. The zero-order valence-electron chi connectivity index (χ0n) is 25.7. The number of aromatic nitrogens is 1. The number of anilines is 1. The van der Waals surface area contributed by atoms with Gasteiger partial charge in [0.15, 0.2) is 16.9 Å². The second-order valence-electron chi connectivity index (χ2n) is 12.7. The minimum atomic E-state index is -4.77. The first kappa shape index (κ1) is 33.0. The van der Waals surface area contributed by atoms with Gasteiger partial charge in [0.25, 0.3) is 11.5 Å². The van der Waals surface area contributed by atoms with Crippen molar-refractivity contribution in [1.29, 1.82) is 0 Å². The summed E-state index contributed by atoms with van der Waals surface area (Å²) in [5, 5.41) is 22.9. The lowest BCUT2D eigenvalue weighted by Gasteiger charge is -2.52. The number of aliphatic imine (C=N–C) groups is 1. The molecule has 0 spiro atoms. The van der Waals surface area contributed by atoms with Crippen molar-refractivity contribution in [3.8, 4) is 5.75 Å². The van der Waals surface area contributed by atoms with Gasteiger partial charge in [-0.25, -0.2) is 9.78 Å². The highest BCUT2D eigenvalue weighted by molar-refractivity contribution is 7.80. The Bertz CT molecular complexity index is 1750. The van der Waals surface area contributed by atoms with Crippen LogP contribution in [-0.2, 0) is 35.5 Å². The number of hydrogen-bond donors (Lipinski definition) is 6. The number of rotatable bonds is 11. The Morgan fingerprint density at radius 1 is 1.30 bits per heavy atom. The number of amidine groups is 1. The quantitative estimate of drug-likeness (QED) is 0.0780. The first-order valence-corrected chi connectivity index (χ1v) is 17.1. The number of hydrogen-bond acceptors (Lipinski definition) is 14. The molecule has 19 heteroatoms. The Kier molecular flexibility index (Phi) is 8.42. The number of ether oxygens (including phenoxy) is 1. The lowest BCUT2D eigenvalue weighted by atomic mass is 9.85. The first-order valence-electron chi connectivity index (χ1n) is 14.9. The minimum absolute atomic E-state index is 0.0358. The molecular weight excluding hydrogens is 656 g/mol. The number of nitrogens with two attached hydrogens (primary N) is 2. The van der Waals surface area contributed by atoms with Gasteiger partial charge in [-0.05, 0) is 57.4 Å². The summed E-state index contributed by atoms with van der Waals surface area (Å²) < 4.78 is 42.0. The number of aliphatic carboxylic acids is 1. The summed E-state index contributed by atoms with van der Waals surface area (Å²) in [7, 11) is -4.77. The standard InChI is InChI=1S/C28H36N8O9S2/c1-27(2)19(11-36(27)45-47(40,41)42)33-24(37)22(17-12-46-26(30)32-17)35-44-28(3,25(38)39)20-7-5-13-8-14(4-6-18(13)43-20)23(29)34-21-15-9-31-10-16(15)21/h4,6,8,12,15-16,19-21,31H,5,7,9-11H2,1-3H3,(H2,29,34)(H2,30,32)(H,33,37)(H,38,39)(H,40,41,42)/b35-22-/t15-,16+,19-,20-,21?,28+/m1/s1. The lowest BCUT2D eigenvalue weighted by Crippen LogP contribution is -2.73. The molecule has 4 heterocycles. The number of piperidine rings is 1. The van der Waals surface area contributed by atoms with Crippen molar-refractivity contribution in [2.24, 2.45) is 27.7 Å². The molecule has 17 nitrogen and oxygen atoms in total. The Morgan fingerprint density at radius 2 is 2.02 bits per heavy atom. The van der Waals surface area contributed by atoms with E-state index < -0.39 is 45.6 Å². The highest BCUT2D eigenvalue weighted by Crippen LogP contribution is 2.44. The molecule has 8 N–H and O–H groups in total. The number of carboxylic acids is 1. The number of aryl methyl sites for hydroxylation is 1. The number of oxime groups is 1. The number of carbonyl (C=O) groups is 2. The highest BCUT2D eigenvalue weighted by Gasteiger charge is 2.54. The molecule has 2 saturated heterocycles. The van der Waals surface area contributed by atoms with Crippen molar-refractivity contribution in [2.75, 3.05) is 25.4 Å². The number of amides is 1. The molecule has 3 aliphatic heterocycles. The predicted octanol–water partition coefficient (Wildman–Crippen LogP) is -0.0804. The third-order valence-electron chi connectivity index (χ3n) is 9.31. The number of nitrogens with one attached hydrogen (secondary N) is 2. The van der Waals surface area contributed by atoms with E-state index in [1.54, 1.807) is 26.0 Å². The molecule has 1 unspecified atom stereocenters. The van der Waals surface area contributed by atoms with Crippen LogP contribution in [0.25, 0.3) is 0 Å². The van der Waals surface area contributed by atoms with Gasteiger partial charge in [-0.15, -0.1) is 11.3 Å². The van der Waals surface area contributed by atoms with E-state index in [1.165, 1.54) is 12.3 Å². The van der Waals surface area contributed by atoms with E-state index in [1.807, 2.05) is 6.07 Å². The molecule has 1 saturated carbocycles. The summed E-state index contributed by atoms with van der Waals surface area (Å²) in [6.07, 6.45) is -0.271. The molecule has 0 radical (unpaired) electrons. The highest BCUT2D eigenvalue weighted by atomic mass is 32.3. The number of carbonyl (C=O) groups excluding carboxylic acids is 1. The van der Waals surface area contributed by atoms with Crippen LogP contribution in [0.1, 0.15) is 44.0 Å². The molecule has 1 amide bonds. The zero-order valence-corrected chi connectivity index (χ0v) is 27.4. The second kappa shape index (κ2) is 12.0. The van der Waals surface area contributed by atoms with Crippen LogP contribution in [0.3, 0.4) is 0 Å². The SMILES string of the molecule is CC1(C)[C@H](NC(=O)/C(=N\O[C@](C)(C(=O)O)[C@H]2CCc3cc(C(N)=NC4[C@H]5CNC[C@@H]45)ccc3O2)c2csc(N)n2)CN1OS(=O)(=O)O. The normalized spacial score (nSPS) is 28.2. The smallest absolute Gasteiger partial charge is 0.413 e. The summed E-state index contributed by atoms with van der Waals surface area (Å²) in [5.74, 6) is -0.161. The average molecular weight is 693 g/mol. The summed E-state index contributed by atoms with van der Waals surface area (Å²) in [6.45, 7) is 6.29. The molecular formula is C28H36N8O9S2. The number of fused-ring (bicyclic) bond motifs is 2. The van der Waals surface area contributed by atoms with Crippen LogP contribution in [0, 0.1) is 11.8 Å². The third kappa shape index (κ3) is 6.50. The first-order chi connectivity index (χ1) is 22.1. The van der Waals surface area contributed by atoms with Crippen LogP contribution < -0.4 is 26.8 Å². The van der Waals surface area contributed by atoms with Gasteiger partial charge in [-0.1, -0.05) is 5.16 Å². The van der Waals surface area contributed by atoms with Crippen LogP contribution in [0.15, 0.2) is 33.7 Å². The Balaban J connectivity index is 1.18. The Labute approximate surface area is 274 Å². The van der Waals surface area contributed by atoms with Crippen LogP contribution in [0.2, 0.25) is 0 Å². The molecule has 3 fully saturated rings. The minimum Gasteiger partial charge on any atom is -0.485 e. The van der Waals surface area contributed by atoms with Gasteiger partial charge in [0, 0.05) is 42.4 Å². The molecule has 6 atom stereocenters. The van der Waals surface area contributed by atoms with E-state index >= 15 is 0 Å². The van der Waals surface area contributed by atoms with Crippen LogP contribution in [0.4, 0.5) is 5.13 Å². The predicted molar refractivity (Wildman–Crippen MR) is 169 cm³/mol. The van der Waals surface area contributed by atoms with Crippen molar-refractivity contribution in [3.05, 3.63) is 40.4 Å². The maximum absolute atomic E-state index is 13.4. The Hall–Kier alpha value is -3.88. The van der Waals surface area contributed by atoms with E-state index in [2.05, 4.69) is 25.1 Å². The summed E-state index contributed by atoms with van der Waals surface area (Å²) in [6, 6.07) is 4.99. The topological polar surface area (TPSA) is 253 Å². The van der Waals surface area contributed by atoms with Crippen LogP contribution >= 0.6 is 11.3 Å². The van der Waals surface area contributed by atoms with Crippen LogP contribution in [0.5, 0.6) is 5.75 Å². The number of thiazole rings is 1. The summed E-state index contributed by atoms with van der Waals surface area (Å²) in [5.41, 5.74) is 10.3. The Morgan fingerprint density at radius 3 is 2.64 bits per heavy atom. The number of nitrogen functional groups attached to an aromatic ring is 1. The zero-order chi connectivity index (χ0) is 33.9. The third-order valence-corrected chi connectivity index (χ3v) is 10.4. The van der Waals surface area contributed by atoms with E-state index in [0.717, 1.165) is 40.6 Å². The van der Waals surface area contributed by atoms with Crippen molar-refractivity contribution in [2.45, 2.75) is 62.9 Å². The molecule has 1 aromatic heterocycles. The molecule has 254 valence electrons. The maximum Gasteiger partial charge on any atom is 0.413 e. The monoisotopic (exact) mass is 692 g/mol. The maximum atomic E-state index is 13.4. The van der Waals surface area contributed by atoms with Gasteiger partial charge in [-0.3, -0.25) is 14.3 Å². The van der Waals surface area contributed by atoms with Gasteiger partial charge in [0.2, 0.25) is 0 Å². The van der Waals surface area contributed by atoms with Gasteiger partial charge in [0.05, 0.1) is 17.6 Å². The summed E-state index contributed by atoms with van der Waals surface area (Å²) in [4.78, 5) is 40.5. The van der Waals surface area contributed by atoms with E-state index in [9.17, 15) is 23.1 Å². The molecule has 1 aromatic carbocycles. The molecule has 47 heavy (non-hydrogen) atoms. The number of nitrogens with zero attached hydrogens (tertiary/aromatic N) is 4. The van der Waals surface area contributed by atoms with Crippen molar-refractivity contribution < 1.29 is 41.5 Å². The fraction of sp³-hybridized carbons (Fsp3) is 0.536. The number of benzene rings is 1. The fourth-order valence-corrected chi connectivity index (χ4v) is 7.13. The number of carboxylic acid groups (broad SMARTS) is 1. The van der Waals surface area contributed by atoms with Gasteiger partial charge < -0.3 is 36.8 Å². The van der Waals surface area contributed by atoms with E-state index in [4.69, 9.17) is 30.6 Å². The van der Waals surface area contributed by atoms with Gasteiger partial charge in [-0.2, -0.15) is 17.8 Å². The van der Waals surface area contributed by atoms with Crippen molar-refractivity contribution >= 4 is 50.3 Å². The second-order valence-corrected chi connectivity index (χ2v) is 14.6. The van der Waals surface area contributed by atoms with Crippen LogP contribution in [-0.4, -0.2) is 101 Å². The van der Waals surface area contributed by atoms with Gasteiger partial charge >= 0.3 is 16.4 Å². The van der Waals surface area contributed by atoms with Gasteiger partial charge in [0.1, 0.15) is 17.3 Å². The van der Waals surface area contributed by atoms with E-state index in [-0.39, 0.29) is 35.5 Å². The summed E-state index contributed by atoms with van der Waals surface area (Å²) >= 11 is 1.04. The molecule has 0 bridgehead atoms. The van der Waals surface area contributed by atoms with Crippen molar-refractivity contribution in [1.82, 2.24) is 20.7 Å². The molecule has 4 aliphatic rings. The van der Waals surface area contributed by atoms with Crippen molar-refractivity contribution in [3.63, 3.8) is 0 Å². The average Bonchev–Trinajstić information content (AvgIpc) is 3.32. The largest absolute Gasteiger partial charge is 0.485 e. The molecule has 6 rings (SSSR count). The molecule has 1 aliphatic carbocycles.